The second kappa shape index (κ2) is 6.60. The highest BCUT2D eigenvalue weighted by atomic mass is 19.4. The highest BCUT2D eigenvalue weighted by Gasteiger charge is 2.37. The zero-order valence-electron chi connectivity index (χ0n) is 14.1. The van der Waals surface area contributed by atoms with Crippen molar-refractivity contribution >= 4 is 11.7 Å². The highest BCUT2D eigenvalue weighted by Crippen LogP contribution is 2.30. The first kappa shape index (κ1) is 17.4. The van der Waals surface area contributed by atoms with Gasteiger partial charge in [-0.25, -0.2) is 9.50 Å². The number of hydrogen-bond acceptors (Lipinski definition) is 5. The minimum absolute atomic E-state index is 0.0996. The van der Waals surface area contributed by atoms with E-state index >= 15 is 0 Å². The summed E-state index contributed by atoms with van der Waals surface area (Å²) in [7, 11) is 0. The summed E-state index contributed by atoms with van der Waals surface area (Å²) in [4.78, 5) is 25.6. The van der Waals surface area contributed by atoms with Gasteiger partial charge in [-0.3, -0.25) is 9.78 Å². The van der Waals surface area contributed by atoms with Crippen molar-refractivity contribution in [1.29, 1.82) is 0 Å². The van der Waals surface area contributed by atoms with Crippen LogP contribution in [-0.4, -0.2) is 48.5 Å². The number of carbonyl (C=O) groups excluding carboxylic acids is 1. The average molecular weight is 376 g/mol. The predicted molar refractivity (Wildman–Crippen MR) is 87.9 cm³/mol. The third-order valence-electron chi connectivity index (χ3n) is 4.58. The largest absolute Gasteiger partial charge is 0.453 e. The van der Waals surface area contributed by atoms with E-state index in [4.69, 9.17) is 0 Å². The molecule has 1 unspecified atom stereocenters. The first-order valence-electron chi connectivity index (χ1n) is 8.41. The number of hydrogen-bond donors (Lipinski definition) is 0. The molecule has 0 N–H and O–H groups in total. The van der Waals surface area contributed by atoms with Crippen LogP contribution in [0.4, 0.5) is 13.2 Å². The highest BCUT2D eigenvalue weighted by molar-refractivity contribution is 5.94. The van der Waals surface area contributed by atoms with Crippen LogP contribution in [0, 0.1) is 0 Å². The molecule has 0 aromatic carbocycles. The summed E-state index contributed by atoms with van der Waals surface area (Å²) in [5.74, 6) is -1.60. The molecule has 1 aliphatic heterocycles. The number of fused-ring (bicyclic) bond motifs is 1. The van der Waals surface area contributed by atoms with Crippen LogP contribution in [0.5, 0.6) is 0 Å². The minimum Gasteiger partial charge on any atom is -0.338 e. The average Bonchev–Trinajstić information content (AvgIpc) is 3.13. The maximum Gasteiger partial charge on any atom is 0.453 e. The van der Waals surface area contributed by atoms with Gasteiger partial charge in [0.05, 0.1) is 5.69 Å². The van der Waals surface area contributed by atoms with Gasteiger partial charge in [0.2, 0.25) is 0 Å². The van der Waals surface area contributed by atoms with Crippen molar-refractivity contribution in [1.82, 2.24) is 29.5 Å². The van der Waals surface area contributed by atoms with E-state index in [-0.39, 0.29) is 17.6 Å². The molecule has 0 aliphatic carbocycles. The van der Waals surface area contributed by atoms with E-state index in [1.165, 1.54) is 6.20 Å². The van der Waals surface area contributed by atoms with E-state index < -0.39 is 12.0 Å². The zero-order chi connectivity index (χ0) is 19.0. The molecule has 0 bridgehead atoms. The van der Waals surface area contributed by atoms with Gasteiger partial charge in [-0.05, 0) is 31.0 Å². The maximum atomic E-state index is 12.9. The first-order chi connectivity index (χ1) is 12.9. The number of pyridine rings is 1. The van der Waals surface area contributed by atoms with E-state index in [0.29, 0.717) is 24.3 Å². The predicted octanol–water partition coefficient (Wildman–Crippen LogP) is 2.56. The summed E-state index contributed by atoms with van der Waals surface area (Å²) in [5, 5.41) is 3.59. The number of alkyl halides is 3. The summed E-state index contributed by atoms with van der Waals surface area (Å²) < 4.78 is 39.9. The number of rotatable bonds is 2. The van der Waals surface area contributed by atoms with Crippen molar-refractivity contribution in [2.45, 2.75) is 24.9 Å². The lowest BCUT2D eigenvalue weighted by molar-refractivity contribution is -0.144. The molecule has 1 amide bonds. The molecule has 0 spiro atoms. The molecule has 1 atom stereocenters. The molecule has 0 saturated carbocycles. The molecule has 0 radical (unpaired) electrons. The first-order valence-corrected chi connectivity index (χ1v) is 8.41. The third kappa shape index (κ3) is 3.34. The van der Waals surface area contributed by atoms with E-state index in [1.54, 1.807) is 35.5 Å². The Labute approximate surface area is 151 Å². The molecule has 1 fully saturated rings. The molecular formula is C17H15F3N6O. The SMILES string of the molecule is O=C(c1ccncc1)N1CCCC(c2ccnc3nc(C(F)(F)F)nn23)C1. The maximum absolute atomic E-state index is 12.9. The third-order valence-corrected chi connectivity index (χ3v) is 4.58. The standard InChI is InChI=1S/C17H15F3N6O/c18-17(19,20)15-23-16-22-8-5-13(26(16)24-15)12-2-1-9-25(10-12)14(27)11-3-6-21-7-4-11/h3-8,12H,1-2,9-10H2. The normalized spacial score (nSPS) is 18.0. The van der Waals surface area contributed by atoms with Gasteiger partial charge in [-0.1, -0.05) is 0 Å². The molecule has 4 rings (SSSR count). The molecule has 10 heteroatoms. The van der Waals surface area contributed by atoms with Crippen molar-refractivity contribution in [3.63, 3.8) is 0 Å². The number of carbonyl (C=O) groups is 1. The van der Waals surface area contributed by atoms with E-state index in [2.05, 4.69) is 20.1 Å². The Morgan fingerprint density at radius 2 is 1.93 bits per heavy atom. The van der Waals surface area contributed by atoms with Gasteiger partial charge in [0.25, 0.3) is 17.5 Å². The number of halogens is 3. The van der Waals surface area contributed by atoms with Gasteiger partial charge in [-0.15, -0.1) is 5.10 Å². The quantitative estimate of drug-likeness (QED) is 0.687. The van der Waals surface area contributed by atoms with Crippen LogP contribution in [-0.2, 0) is 6.18 Å². The van der Waals surface area contributed by atoms with E-state index in [9.17, 15) is 18.0 Å². The fourth-order valence-corrected chi connectivity index (χ4v) is 3.32. The van der Waals surface area contributed by atoms with Gasteiger partial charge in [0.15, 0.2) is 0 Å². The molecule has 1 aliphatic rings. The van der Waals surface area contributed by atoms with Crippen molar-refractivity contribution in [3.05, 3.63) is 53.9 Å². The van der Waals surface area contributed by atoms with E-state index in [0.717, 1.165) is 17.4 Å². The summed E-state index contributed by atoms with van der Waals surface area (Å²) in [6.07, 6.45) is 1.36. The molecular weight excluding hydrogens is 361 g/mol. The molecule has 3 aromatic heterocycles. The van der Waals surface area contributed by atoms with Crippen LogP contribution in [0.3, 0.4) is 0 Å². The fourth-order valence-electron chi connectivity index (χ4n) is 3.32. The molecule has 4 heterocycles. The molecule has 140 valence electrons. The Kier molecular flexibility index (Phi) is 4.25. The van der Waals surface area contributed by atoms with Gasteiger partial charge >= 0.3 is 6.18 Å². The smallest absolute Gasteiger partial charge is 0.338 e. The van der Waals surface area contributed by atoms with Crippen LogP contribution in [0.15, 0.2) is 36.8 Å². The number of amides is 1. The van der Waals surface area contributed by atoms with E-state index in [1.807, 2.05) is 0 Å². The minimum atomic E-state index is -4.64. The second-order valence-electron chi connectivity index (χ2n) is 6.34. The lowest BCUT2D eigenvalue weighted by Crippen LogP contribution is -2.39. The Hall–Kier alpha value is -3.04. The summed E-state index contributed by atoms with van der Waals surface area (Å²) in [6, 6.07) is 4.92. The monoisotopic (exact) mass is 376 g/mol. The fraction of sp³-hybridized carbons (Fsp3) is 0.353. The molecule has 3 aromatic rings. The Morgan fingerprint density at radius 1 is 1.15 bits per heavy atom. The molecule has 1 saturated heterocycles. The van der Waals surface area contributed by atoms with Crippen LogP contribution < -0.4 is 0 Å². The van der Waals surface area contributed by atoms with Crippen LogP contribution in [0.1, 0.15) is 40.6 Å². The zero-order valence-corrected chi connectivity index (χ0v) is 14.1. The van der Waals surface area contributed by atoms with Crippen molar-refractivity contribution < 1.29 is 18.0 Å². The topological polar surface area (TPSA) is 76.3 Å². The Balaban J connectivity index is 1.63. The van der Waals surface area contributed by atoms with Gasteiger partial charge in [0.1, 0.15) is 0 Å². The van der Waals surface area contributed by atoms with Gasteiger partial charge in [0, 0.05) is 43.2 Å². The Bertz CT molecular complexity index is 972. The van der Waals surface area contributed by atoms with Crippen molar-refractivity contribution in [2.24, 2.45) is 0 Å². The van der Waals surface area contributed by atoms with Crippen molar-refractivity contribution in [2.75, 3.05) is 13.1 Å². The van der Waals surface area contributed by atoms with Crippen LogP contribution in [0.2, 0.25) is 0 Å². The Morgan fingerprint density at radius 3 is 2.67 bits per heavy atom. The summed E-state index contributed by atoms with van der Waals surface area (Å²) in [6.45, 7) is 0.985. The number of piperidine rings is 1. The van der Waals surface area contributed by atoms with Crippen molar-refractivity contribution in [3.8, 4) is 0 Å². The lowest BCUT2D eigenvalue weighted by atomic mass is 9.94. The van der Waals surface area contributed by atoms with Gasteiger partial charge < -0.3 is 4.90 Å². The molecule has 27 heavy (non-hydrogen) atoms. The van der Waals surface area contributed by atoms with Crippen LogP contribution in [0.25, 0.3) is 5.78 Å². The summed E-state index contributed by atoms with van der Waals surface area (Å²) >= 11 is 0. The molecule has 7 nitrogen and oxygen atoms in total. The second-order valence-corrected chi connectivity index (χ2v) is 6.34. The lowest BCUT2D eigenvalue weighted by Gasteiger charge is -2.33. The number of nitrogens with zero attached hydrogens (tertiary/aromatic N) is 6. The summed E-state index contributed by atoms with van der Waals surface area (Å²) in [5.41, 5.74) is 1.10. The van der Waals surface area contributed by atoms with Crippen LogP contribution >= 0.6 is 0 Å². The number of aromatic nitrogens is 5. The number of likely N-dealkylation sites (tertiary alicyclic amines) is 1. The van der Waals surface area contributed by atoms with Gasteiger partial charge in [-0.2, -0.15) is 18.2 Å².